The number of amides is 1. The van der Waals surface area contributed by atoms with Crippen LogP contribution in [0.4, 0.5) is 0 Å². The zero-order chi connectivity index (χ0) is 17.1. The summed E-state index contributed by atoms with van der Waals surface area (Å²) >= 11 is 0. The summed E-state index contributed by atoms with van der Waals surface area (Å²) in [5, 5.41) is 0.612. The van der Waals surface area contributed by atoms with E-state index in [1.165, 1.54) is 0 Å². The highest BCUT2D eigenvalue weighted by Gasteiger charge is 2.23. The van der Waals surface area contributed by atoms with Crippen molar-refractivity contribution in [3.8, 4) is 0 Å². The molecule has 1 heterocycles. The van der Waals surface area contributed by atoms with Crippen molar-refractivity contribution in [1.29, 1.82) is 0 Å². The first-order valence-electron chi connectivity index (χ1n) is 8.11. The monoisotopic (exact) mass is 315 g/mol. The second-order valence-electron chi connectivity index (χ2n) is 6.32. The molecular formula is C18H25N3O2. The quantitative estimate of drug-likeness (QED) is 0.852. The lowest BCUT2D eigenvalue weighted by Gasteiger charge is -2.27. The molecule has 0 fully saturated rings. The minimum atomic E-state index is -0.251. The van der Waals surface area contributed by atoms with Gasteiger partial charge in [-0.05, 0) is 31.9 Å². The number of rotatable bonds is 5. The number of carbonyl (C=O) groups is 1. The molecule has 2 aromatic rings. The van der Waals surface area contributed by atoms with Gasteiger partial charge in [-0.15, -0.1) is 0 Å². The summed E-state index contributed by atoms with van der Waals surface area (Å²) in [6, 6.07) is 7.08. The summed E-state index contributed by atoms with van der Waals surface area (Å²) in [6.07, 6.45) is 0.491. The van der Waals surface area contributed by atoms with E-state index < -0.39 is 0 Å². The Labute approximate surface area is 136 Å². The van der Waals surface area contributed by atoms with Gasteiger partial charge in [0, 0.05) is 20.0 Å². The van der Waals surface area contributed by atoms with Crippen molar-refractivity contribution in [2.24, 2.45) is 5.92 Å². The molecule has 0 aliphatic rings. The van der Waals surface area contributed by atoms with Gasteiger partial charge < -0.3 is 4.90 Å². The maximum absolute atomic E-state index is 12.7. The number of nitrogens with zero attached hydrogens (tertiary/aromatic N) is 3. The van der Waals surface area contributed by atoms with Gasteiger partial charge in [0.2, 0.25) is 5.91 Å². The lowest BCUT2D eigenvalue weighted by Crippen LogP contribution is -2.35. The Balaban J connectivity index is 2.49. The molecule has 1 aromatic heterocycles. The molecule has 2 rings (SSSR count). The zero-order valence-corrected chi connectivity index (χ0v) is 14.5. The second-order valence-corrected chi connectivity index (χ2v) is 6.32. The van der Waals surface area contributed by atoms with Gasteiger partial charge in [-0.1, -0.05) is 26.0 Å². The van der Waals surface area contributed by atoms with E-state index in [9.17, 15) is 9.59 Å². The molecule has 1 aromatic carbocycles. The number of benzene rings is 1. The summed E-state index contributed by atoms with van der Waals surface area (Å²) < 4.78 is 1.66. The molecule has 0 saturated carbocycles. The number of hydrogen-bond acceptors (Lipinski definition) is 3. The third-order valence-corrected chi connectivity index (χ3v) is 4.14. The van der Waals surface area contributed by atoms with Crippen LogP contribution in [-0.4, -0.2) is 27.4 Å². The van der Waals surface area contributed by atoms with E-state index in [2.05, 4.69) is 4.98 Å². The van der Waals surface area contributed by atoms with Gasteiger partial charge in [0.25, 0.3) is 5.56 Å². The van der Waals surface area contributed by atoms with Crippen molar-refractivity contribution >= 4 is 16.8 Å². The average Bonchev–Trinajstić information content (AvgIpc) is 2.52. The Bertz CT molecular complexity index is 764. The number of fused-ring (bicyclic) bond motifs is 1. The highest BCUT2D eigenvalue weighted by Crippen LogP contribution is 2.20. The molecule has 0 aliphatic carbocycles. The molecule has 1 unspecified atom stereocenters. The maximum Gasteiger partial charge on any atom is 0.261 e. The SMILES string of the molecule is CCn1c(C(C)N(C)C(=O)CC(C)C)nc2ccccc2c1=O. The molecule has 0 saturated heterocycles. The van der Waals surface area contributed by atoms with E-state index in [0.29, 0.717) is 35.6 Å². The topological polar surface area (TPSA) is 55.2 Å². The average molecular weight is 315 g/mol. The minimum absolute atomic E-state index is 0.0512. The van der Waals surface area contributed by atoms with E-state index in [1.54, 1.807) is 22.6 Å². The summed E-state index contributed by atoms with van der Waals surface area (Å²) in [5.74, 6) is 1.00. The molecule has 0 N–H and O–H groups in total. The standard InChI is InChI=1S/C18H25N3O2/c1-6-21-17(13(4)20(5)16(22)11-12(2)3)19-15-10-8-7-9-14(15)18(21)23/h7-10,12-13H,6,11H2,1-5H3. The van der Waals surface area contributed by atoms with Crippen LogP contribution >= 0.6 is 0 Å². The highest BCUT2D eigenvalue weighted by atomic mass is 16.2. The summed E-state index contributed by atoms with van der Waals surface area (Å²) in [6.45, 7) is 8.41. The number of carbonyl (C=O) groups excluding carboxylic acids is 1. The maximum atomic E-state index is 12.7. The minimum Gasteiger partial charge on any atom is -0.336 e. The van der Waals surface area contributed by atoms with Crippen molar-refractivity contribution in [3.05, 3.63) is 40.4 Å². The molecule has 124 valence electrons. The first-order valence-corrected chi connectivity index (χ1v) is 8.11. The van der Waals surface area contributed by atoms with Crippen LogP contribution in [0.5, 0.6) is 0 Å². The fourth-order valence-corrected chi connectivity index (χ4v) is 2.69. The van der Waals surface area contributed by atoms with Crippen LogP contribution in [0.15, 0.2) is 29.1 Å². The van der Waals surface area contributed by atoms with Gasteiger partial charge in [-0.25, -0.2) is 4.98 Å². The third kappa shape index (κ3) is 3.44. The predicted molar refractivity (Wildman–Crippen MR) is 92.3 cm³/mol. The Morgan fingerprint density at radius 2 is 1.91 bits per heavy atom. The van der Waals surface area contributed by atoms with Gasteiger partial charge in [0.05, 0.1) is 16.9 Å². The van der Waals surface area contributed by atoms with Gasteiger partial charge in [-0.2, -0.15) is 0 Å². The fourth-order valence-electron chi connectivity index (χ4n) is 2.69. The number of para-hydroxylation sites is 1. The molecule has 1 atom stereocenters. The van der Waals surface area contributed by atoms with Crippen LogP contribution in [0.1, 0.15) is 46.0 Å². The van der Waals surface area contributed by atoms with Crippen molar-refractivity contribution in [2.75, 3.05) is 7.05 Å². The summed E-state index contributed by atoms with van der Waals surface area (Å²) in [4.78, 5) is 31.3. The van der Waals surface area contributed by atoms with E-state index in [-0.39, 0.29) is 17.5 Å². The number of hydrogen-bond donors (Lipinski definition) is 0. The Hall–Kier alpha value is -2.17. The zero-order valence-electron chi connectivity index (χ0n) is 14.5. The van der Waals surface area contributed by atoms with Crippen LogP contribution < -0.4 is 5.56 Å². The van der Waals surface area contributed by atoms with Gasteiger partial charge in [0.1, 0.15) is 5.82 Å². The second kappa shape index (κ2) is 6.94. The van der Waals surface area contributed by atoms with Gasteiger partial charge >= 0.3 is 0 Å². The highest BCUT2D eigenvalue weighted by molar-refractivity contribution is 5.78. The molecule has 0 radical (unpaired) electrons. The summed E-state index contributed by atoms with van der Waals surface area (Å²) in [5.41, 5.74) is 0.624. The molecule has 0 bridgehead atoms. The van der Waals surface area contributed by atoms with Crippen LogP contribution in [0.2, 0.25) is 0 Å². The van der Waals surface area contributed by atoms with Crippen LogP contribution in [0.3, 0.4) is 0 Å². The Morgan fingerprint density at radius 1 is 1.26 bits per heavy atom. The smallest absolute Gasteiger partial charge is 0.261 e. The van der Waals surface area contributed by atoms with Gasteiger partial charge in [0.15, 0.2) is 0 Å². The van der Waals surface area contributed by atoms with Crippen molar-refractivity contribution < 1.29 is 4.79 Å². The van der Waals surface area contributed by atoms with Crippen LogP contribution in [-0.2, 0) is 11.3 Å². The Kier molecular flexibility index (Phi) is 5.19. The molecule has 5 nitrogen and oxygen atoms in total. The first-order chi connectivity index (χ1) is 10.9. The van der Waals surface area contributed by atoms with E-state index in [1.807, 2.05) is 45.9 Å². The molecule has 0 aliphatic heterocycles. The van der Waals surface area contributed by atoms with E-state index in [0.717, 1.165) is 0 Å². The van der Waals surface area contributed by atoms with Crippen LogP contribution in [0, 0.1) is 5.92 Å². The van der Waals surface area contributed by atoms with E-state index in [4.69, 9.17) is 0 Å². The lowest BCUT2D eigenvalue weighted by atomic mass is 10.1. The Morgan fingerprint density at radius 3 is 2.52 bits per heavy atom. The van der Waals surface area contributed by atoms with Crippen molar-refractivity contribution in [2.45, 2.75) is 46.7 Å². The molecule has 1 amide bonds. The molecular weight excluding hydrogens is 290 g/mol. The third-order valence-electron chi connectivity index (χ3n) is 4.14. The van der Waals surface area contributed by atoms with Crippen molar-refractivity contribution in [3.63, 3.8) is 0 Å². The largest absolute Gasteiger partial charge is 0.336 e. The normalized spacial score (nSPS) is 12.6. The fraction of sp³-hybridized carbons (Fsp3) is 0.500. The van der Waals surface area contributed by atoms with Crippen molar-refractivity contribution in [1.82, 2.24) is 14.5 Å². The predicted octanol–water partition coefficient (Wildman–Crippen LogP) is 2.98. The van der Waals surface area contributed by atoms with Gasteiger partial charge in [-0.3, -0.25) is 14.2 Å². The lowest BCUT2D eigenvalue weighted by molar-refractivity contribution is -0.132. The van der Waals surface area contributed by atoms with Crippen LogP contribution in [0.25, 0.3) is 10.9 Å². The molecule has 23 heavy (non-hydrogen) atoms. The molecule has 0 spiro atoms. The molecule has 5 heteroatoms. The summed E-state index contributed by atoms with van der Waals surface area (Å²) in [7, 11) is 1.77. The van der Waals surface area contributed by atoms with E-state index >= 15 is 0 Å². The first kappa shape index (κ1) is 17.2. The number of aromatic nitrogens is 2.